The third kappa shape index (κ3) is 3.12. The van der Waals surface area contributed by atoms with Gasteiger partial charge in [0.2, 0.25) is 0 Å². The molecule has 1 rings (SSSR count). The zero-order chi connectivity index (χ0) is 11.5. The van der Waals surface area contributed by atoms with Crippen LogP contribution in [-0.2, 0) is 0 Å². The number of aromatic nitrogens is 1. The van der Waals surface area contributed by atoms with Gasteiger partial charge in [0.15, 0.2) is 12.9 Å². The van der Waals surface area contributed by atoms with Crippen molar-refractivity contribution in [2.45, 2.75) is 6.18 Å². The van der Waals surface area contributed by atoms with Crippen LogP contribution in [0.2, 0.25) is 0 Å². The second-order valence-electron chi connectivity index (χ2n) is 2.63. The van der Waals surface area contributed by atoms with E-state index in [1.54, 1.807) is 0 Å². The number of nitrogens with two attached hydrogens (primary N) is 1. The maximum absolute atomic E-state index is 11.8. The number of halogens is 3. The predicted octanol–water partition coefficient (Wildman–Crippen LogP) is 1.42. The van der Waals surface area contributed by atoms with Gasteiger partial charge in [-0.05, 0) is 6.07 Å². The van der Waals surface area contributed by atoms with Gasteiger partial charge in [-0.3, -0.25) is 4.79 Å². The Morgan fingerprint density at radius 2 is 2.20 bits per heavy atom. The molecular formula is C8H7F3N2O2. The summed E-state index contributed by atoms with van der Waals surface area (Å²) in [4.78, 5) is 14.0. The van der Waals surface area contributed by atoms with Gasteiger partial charge in [-0.15, -0.1) is 0 Å². The molecular weight excluding hydrogens is 213 g/mol. The number of carbonyl (C=O) groups excluding carboxylic acids is 1. The Morgan fingerprint density at radius 1 is 1.53 bits per heavy atom. The molecule has 0 unspecified atom stereocenters. The molecule has 15 heavy (non-hydrogen) atoms. The van der Waals surface area contributed by atoms with Crippen LogP contribution in [0.15, 0.2) is 12.3 Å². The molecule has 1 heterocycles. The highest BCUT2D eigenvalue weighted by Gasteiger charge is 2.29. The molecule has 0 amide bonds. The topological polar surface area (TPSA) is 65.2 Å². The van der Waals surface area contributed by atoms with Crippen LogP contribution >= 0.6 is 0 Å². The fourth-order valence-electron chi connectivity index (χ4n) is 0.875. The highest BCUT2D eigenvalue weighted by molar-refractivity contribution is 5.85. The molecule has 1 aromatic heterocycles. The van der Waals surface area contributed by atoms with Crippen LogP contribution in [-0.4, -0.2) is 24.1 Å². The Kier molecular flexibility index (Phi) is 3.13. The molecule has 0 aliphatic heterocycles. The smallest absolute Gasteiger partial charge is 0.422 e. The molecule has 1 aromatic rings. The quantitative estimate of drug-likeness (QED) is 0.782. The van der Waals surface area contributed by atoms with Crippen molar-refractivity contribution in [3.8, 4) is 5.75 Å². The molecule has 0 aromatic carbocycles. The molecule has 7 heteroatoms. The van der Waals surface area contributed by atoms with Crippen LogP contribution in [0.25, 0.3) is 0 Å². The van der Waals surface area contributed by atoms with Crippen molar-refractivity contribution < 1.29 is 22.7 Å². The molecule has 4 nitrogen and oxygen atoms in total. The van der Waals surface area contributed by atoms with Crippen molar-refractivity contribution in [2.75, 3.05) is 12.3 Å². The first kappa shape index (κ1) is 11.3. The predicted molar refractivity (Wildman–Crippen MR) is 45.6 cm³/mol. The van der Waals surface area contributed by atoms with E-state index in [0.717, 1.165) is 12.3 Å². The van der Waals surface area contributed by atoms with Crippen LogP contribution < -0.4 is 10.5 Å². The average molecular weight is 220 g/mol. The summed E-state index contributed by atoms with van der Waals surface area (Å²) in [6, 6.07) is 1.14. The summed E-state index contributed by atoms with van der Waals surface area (Å²) in [6.07, 6.45) is -3.00. The number of anilines is 1. The van der Waals surface area contributed by atoms with E-state index >= 15 is 0 Å². The van der Waals surface area contributed by atoms with Gasteiger partial charge < -0.3 is 10.5 Å². The Hall–Kier alpha value is -1.79. The van der Waals surface area contributed by atoms with Crippen LogP contribution in [0.5, 0.6) is 5.75 Å². The largest absolute Gasteiger partial charge is 0.483 e. The van der Waals surface area contributed by atoms with Crippen molar-refractivity contribution in [2.24, 2.45) is 0 Å². The van der Waals surface area contributed by atoms with Gasteiger partial charge in [0.05, 0.1) is 5.56 Å². The average Bonchev–Trinajstić information content (AvgIpc) is 2.13. The van der Waals surface area contributed by atoms with E-state index in [4.69, 9.17) is 5.73 Å². The molecule has 0 atom stereocenters. The number of ether oxygens (including phenoxy) is 1. The van der Waals surface area contributed by atoms with E-state index in [0.29, 0.717) is 6.29 Å². The molecule has 2 N–H and O–H groups in total. The maximum atomic E-state index is 11.8. The second-order valence-corrected chi connectivity index (χ2v) is 2.63. The third-order valence-electron chi connectivity index (χ3n) is 1.49. The number of nitrogen functional groups attached to an aromatic ring is 1. The van der Waals surface area contributed by atoms with Gasteiger partial charge >= 0.3 is 6.18 Å². The van der Waals surface area contributed by atoms with Gasteiger partial charge in [-0.25, -0.2) is 4.98 Å². The Balaban J connectivity index is 2.85. The maximum Gasteiger partial charge on any atom is 0.422 e. The van der Waals surface area contributed by atoms with E-state index < -0.39 is 12.8 Å². The van der Waals surface area contributed by atoms with E-state index in [1.165, 1.54) is 0 Å². The lowest BCUT2D eigenvalue weighted by Crippen LogP contribution is -2.20. The van der Waals surface area contributed by atoms with Crippen LogP contribution in [0, 0.1) is 0 Å². The highest BCUT2D eigenvalue weighted by atomic mass is 19.4. The lowest BCUT2D eigenvalue weighted by atomic mass is 10.2. The van der Waals surface area contributed by atoms with Gasteiger partial charge in [0.25, 0.3) is 0 Å². The van der Waals surface area contributed by atoms with Gasteiger partial charge in [0, 0.05) is 6.20 Å². The number of aldehydes is 1. The van der Waals surface area contributed by atoms with Crippen molar-refractivity contribution in [1.29, 1.82) is 0 Å². The molecule has 0 aliphatic carbocycles. The first-order chi connectivity index (χ1) is 6.94. The van der Waals surface area contributed by atoms with Crippen LogP contribution in [0.4, 0.5) is 19.0 Å². The van der Waals surface area contributed by atoms with Gasteiger partial charge in [-0.2, -0.15) is 13.2 Å². The fraction of sp³-hybridized carbons (Fsp3) is 0.250. The Labute approximate surface area is 82.9 Å². The standard InChI is InChI=1S/C8H7F3N2O2/c9-8(10,11)4-15-6-1-2-13-7(12)5(6)3-14/h1-3H,4H2,(H2,12,13). The Bertz CT molecular complexity index is 365. The lowest BCUT2D eigenvalue weighted by Gasteiger charge is -2.10. The van der Waals surface area contributed by atoms with Crippen molar-refractivity contribution in [1.82, 2.24) is 4.98 Å². The number of nitrogens with zero attached hydrogens (tertiary/aromatic N) is 1. The van der Waals surface area contributed by atoms with Crippen molar-refractivity contribution in [3.63, 3.8) is 0 Å². The molecule has 0 saturated heterocycles. The minimum atomic E-state index is -4.46. The normalized spacial score (nSPS) is 11.1. The van der Waals surface area contributed by atoms with E-state index in [2.05, 4.69) is 9.72 Å². The van der Waals surface area contributed by atoms with Crippen LogP contribution in [0.3, 0.4) is 0 Å². The van der Waals surface area contributed by atoms with Gasteiger partial charge in [0.1, 0.15) is 11.6 Å². The minimum absolute atomic E-state index is 0.162. The molecule has 0 bridgehead atoms. The number of pyridine rings is 1. The van der Waals surface area contributed by atoms with E-state index in [-0.39, 0.29) is 17.1 Å². The number of alkyl halides is 3. The molecule has 0 radical (unpaired) electrons. The van der Waals surface area contributed by atoms with Crippen LogP contribution in [0.1, 0.15) is 10.4 Å². The third-order valence-corrected chi connectivity index (χ3v) is 1.49. The number of hydrogen-bond acceptors (Lipinski definition) is 4. The Morgan fingerprint density at radius 3 is 2.73 bits per heavy atom. The molecule has 82 valence electrons. The summed E-state index contributed by atoms with van der Waals surface area (Å²) in [5.74, 6) is -0.389. The zero-order valence-corrected chi connectivity index (χ0v) is 7.41. The number of rotatable bonds is 3. The fourth-order valence-corrected chi connectivity index (χ4v) is 0.875. The minimum Gasteiger partial charge on any atom is -0.483 e. The first-order valence-electron chi connectivity index (χ1n) is 3.83. The number of hydrogen-bond donors (Lipinski definition) is 1. The monoisotopic (exact) mass is 220 g/mol. The summed E-state index contributed by atoms with van der Waals surface area (Å²) in [5, 5.41) is 0. The molecule has 0 saturated carbocycles. The molecule has 0 spiro atoms. The van der Waals surface area contributed by atoms with E-state index in [1.807, 2.05) is 0 Å². The summed E-state index contributed by atoms with van der Waals surface area (Å²) < 4.78 is 39.8. The lowest BCUT2D eigenvalue weighted by molar-refractivity contribution is -0.153. The van der Waals surface area contributed by atoms with E-state index in [9.17, 15) is 18.0 Å². The number of carbonyl (C=O) groups is 1. The summed E-state index contributed by atoms with van der Waals surface area (Å²) in [7, 11) is 0. The summed E-state index contributed by atoms with van der Waals surface area (Å²) in [6.45, 7) is -1.47. The second kappa shape index (κ2) is 4.16. The zero-order valence-electron chi connectivity index (χ0n) is 7.41. The first-order valence-corrected chi connectivity index (χ1v) is 3.83. The SMILES string of the molecule is Nc1nccc(OCC(F)(F)F)c1C=O. The van der Waals surface area contributed by atoms with Crippen molar-refractivity contribution >= 4 is 12.1 Å². The molecule has 0 aliphatic rings. The highest BCUT2D eigenvalue weighted by Crippen LogP contribution is 2.23. The molecule has 0 fully saturated rings. The summed E-state index contributed by atoms with van der Waals surface area (Å²) >= 11 is 0. The van der Waals surface area contributed by atoms with Gasteiger partial charge in [-0.1, -0.05) is 0 Å². The van der Waals surface area contributed by atoms with Crippen molar-refractivity contribution in [3.05, 3.63) is 17.8 Å². The summed E-state index contributed by atoms with van der Waals surface area (Å²) in [5.41, 5.74) is 5.09.